The number of hydrogen-bond donors (Lipinski definition) is 0. The van der Waals surface area contributed by atoms with E-state index >= 15 is 0 Å². The first-order chi connectivity index (χ1) is 4.22. The van der Waals surface area contributed by atoms with E-state index in [4.69, 9.17) is 0 Å². The first kappa shape index (κ1) is 5.52. The van der Waals surface area contributed by atoms with Gasteiger partial charge >= 0.3 is 0 Å². The lowest BCUT2D eigenvalue weighted by Crippen LogP contribution is -2.36. The van der Waals surface area contributed by atoms with Gasteiger partial charge < -0.3 is 0 Å². The van der Waals surface area contributed by atoms with Gasteiger partial charge in [-0.1, -0.05) is 25.5 Å². The average molecular weight is 122 g/mol. The predicted molar refractivity (Wildman–Crippen MR) is 39.1 cm³/mol. The molecule has 0 aromatic heterocycles. The molecule has 3 aliphatic carbocycles. The molecule has 1 fully saturated rings. The van der Waals surface area contributed by atoms with Gasteiger partial charge in [-0.3, -0.25) is 0 Å². The van der Waals surface area contributed by atoms with E-state index in [9.17, 15) is 0 Å². The van der Waals surface area contributed by atoms with Gasteiger partial charge in [0.25, 0.3) is 0 Å². The molecule has 0 saturated heterocycles. The summed E-state index contributed by atoms with van der Waals surface area (Å²) in [7, 11) is 0. The summed E-state index contributed by atoms with van der Waals surface area (Å²) in [6.07, 6.45) is 2.47. The minimum atomic E-state index is 0.940. The minimum absolute atomic E-state index is 0.940. The zero-order valence-corrected chi connectivity index (χ0v) is 6.39. The Kier molecular flexibility index (Phi) is 0.870. The molecule has 0 amide bonds. The molecule has 0 aliphatic heterocycles. The lowest BCUT2D eigenvalue weighted by Gasteiger charge is -2.41. The van der Waals surface area contributed by atoms with Gasteiger partial charge in [0.2, 0.25) is 0 Å². The summed E-state index contributed by atoms with van der Waals surface area (Å²) in [5.74, 6) is 3.84. The molecule has 0 aromatic carbocycles. The maximum Gasteiger partial charge on any atom is -0.0143 e. The quantitative estimate of drug-likeness (QED) is 0.433. The second kappa shape index (κ2) is 1.42. The van der Waals surface area contributed by atoms with Crippen LogP contribution >= 0.6 is 0 Å². The summed E-state index contributed by atoms with van der Waals surface area (Å²) < 4.78 is 0. The maximum atomic E-state index is 2.47. The van der Waals surface area contributed by atoms with Crippen molar-refractivity contribution in [2.24, 2.45) is 23.7 Å². The van der Waals surface area contributed by atoms with Crippen LogP contribution in [0.25, 0.3) is 0 Å². The Hall–Kier alpha value is -0.260. The van der Waals surface area contributed by atoms with Crippen molar-refractivity contribution in [2.75, 3.05) is 0 Å². The second-order valence-corrected chi connectivity index (χ2v) is 3.73. The van der Waals surface area contributed by atoms with Crippen LogP contribution in [-0.4, -0.2) is 0 Å². The van der Waals surface area contributed by atoms with Crippen LogP contribution in [0.1, 0.15) is 20.8 Å². The molecule has 3 rings (SSSR count). The van der Waals surface area contributed by atoms with Crippen molar-refractivity contribution >= 4 is 0 Å². The molecule has 0 heteroatoms. The Morgan fingerprint density at radius 3 is 1.89 bits per heavy atom. The molecule has 0 radical (unpaired) electrons. The molecule has 1 saturated carbocycles. The third-order valence-corrected chi connectivity index (χ3v) is 3.33. The number of allylic oxidation sites excluding steroid dienone is 2. The van der Waals surface area contributed by atoms with Crippen molar-refractivity contribution in [2.45, 2.75) is 20.8 Å². The molecule has 9 heavy (non-hydrogen) atoms. The molecule has 2 atom stereocenters. The summed E-state index contributed by atoms with van der Waals surface area (Å²) in [4.78, 5) is 0. The molecule has 3 aliphatic rings. The number of rotatable bonds is 0. The van der Waals surface area contributed by atoms with Gasteiger partial charge in [-0.2, -0.15) is 0 Å². The standard InChI is InChI=1S/C9H14/c1-5-4-8-6(2)9(5)7(8)3/h4,6-9H,1-3H3. The van der Waals surface area contributed by atoms with Crippen LogP contribution in [0.5, 0.6) is 0 Å². The first-order valence-corrected chi connectivity index (χ1v) is 3.90. The van der Waals surface area contributed by atoms with Crippen molar-refractivity contribution in [1.82, 2.24) is 0 Å². The van der Waals surface area contributed by atoms with Gasteiger partial charge in [0.1, 0.15) is 0 Å². The lowest BCUT2D eigenvalue weighted by molar-refractivity contribution is 0.0968. The van der Waals surface area contributed by atoms with E-state index in [1.165, 1.54) is 0 Å². The van der Waals surface area contributed by atoms with E-state index < -0.39 is 0 Å². The van der Waals surface area contributed by atoms with Gasteiger partial charge in [-0.25, -0.2) is 0 Å². The van der Waals surface area contributed by atoms with Gasteiger partial charge in [0.15, 0.2) is 0 Å². The fourth-order valence-electron chi connectivity index (χ4n) is 2.84. The zero-order chi connectivity index (χ0) is 6.59. The van der Waals surface area contributed by atoms with Gasteiger partial charge in [-0.15, -0.1) is 0 Å². The summed E-state index contributed by atoms with van der Waals surface area (Å²) in [5.41, 5.74) is 1.65. The van der Waals surface area contributed by atoms with Crippen molar-refractivity contribution in [1.29, 1.82) is 0 Å². The molecule has 0 aromatic rings. The van der Waals surface area contributed by atoms with E-state index in [2.05, 4.69) is 26.8 Å². The Morgan fingerprint density at radius 2 is 1.78 bits per heavy atom. The first-order valence-electron chi connectivity index (χ1n) is 3.90. The van der Waals surface area contributed by atoms with Crippen LogP contribution in [0.15, 0.2) is 11.6 Å². The number of hydrogen-bond acceptors (Lipinski definition) is 0. The molecular formula is C9H14. The highest BCUT2D eigenvalue weighted by atomic mass is 14.5. The third-order valence-electron chi connectivity index (χ3n) is 3.33. The summed E-state index contributed by atoms with van der Waals surface area (Å²) in [6.45, 7) is 7.04. The van der Waals surface area contributed by atoms with Crippen molar-refractivity contribution in [3.8, 4) is 0 Å². The topological polar surface area (TPSA) is 0 Å². The highest BCUT2D eigenvalue weighted by Gasteiger charge is 2.49. The fourth-order valence-corrected chi connectivity index (χ4v) is 2.84. The molecule has 2 bridgehead atoms. The molecule has 50 valence electrons. The summed E-state index contributed by atoms with van der Waals surface area (Å²) >= 11 is 0. The second-order valence-electron chi connectivity index (χ2n) is 3.73. The van der Waals surface area contributed by atoms with Crippen LogP contribution < -0.4 is 0 Å². The van der Waals surface area contributed by atoms with Crippen LogP contribution in [0.4, 0.5) is 0 Å². The van der Waals surface area contributed by atoms with Crippen molar-refractivity contribution in [3.05, 3.63) is 11.6 Å². The van der Waals surface area contributed by atoms with Crippen molar-refractivity contribution in [3.63, 3.8) is 0 Å². The highest BCUT2D eigenvalue weighted by Crippen LogP contribution is 2.56. The van der Waals surface area contributed by atoms with E-state index in [-0.39, 0.29) is 0 Å². The van der Waals surface area contributed by atoms with E-state index in [1.54, 1.807) is 5.57 Å². The van der Waals surface area contributed by atoms with Crippen LogP contribution in [0.3, 0.4) is 0 Å². The fraction of sp³-hybridized carbons (Fsp3) is 0.778. The molecule has 0 heterocycles. The Bertz CT molecular complexity index is 157. The monoisotopic (exact) mass is 122 g/mol. The van der Waals surface area contributed by atoms with Crippen molar-refractivity contribution < 1.29 is 0 Å². The maximum absolute atomic E-state index is 2.47. The molecule has 0 N–H and O–H groups in total. The highest BCUT2D eigenvalue weighted by molar-refractivity contribution is 5.26. The van der Waals surface area contributed by atoms with E-state index in [0.29, 0.717) is 0 Å². The van der Waals surface area contributed by atoms with E-state index in [0.717, 1.165) is 23.7 Å². The Balaban J connectivity index is 2.25. The predicted octanol–water partition coefficient (Wildman–Crippen LogP) is 2.46. The minimum Gasteiger partial charge on any atom is -0.0816 e. The summed E-state index contributed by atoms with van der Waals surface area (Å²) in [5, 5.41) is 0. The Labute approximate surface area is 57.0 Å². The van der Waals surface area contributed by atoms with Crippen LogP contribution in [-0.2, 0) is 0 Å². The van der Waals surface area contributed by atoms with Crippen LogP contribution in [0, 0.1) is 23.7 Å². The van der Waals surface area contributed by atoms with Gasteiger partial charge in [0, 0.05) is 0 Å². The van der Waals surface area contributed by atoms with E-state index in [1.807, 2.05) is 0 Å². The summed E-state index contributed by atoms with van der Waals surface area (Å²) in [6, 6.07) is 0. The molecular weight excluding hydrogens is 108 g/mol. The molecule has 2 unspecified atom stereocenters. The largest absolute Gasteiger partial charge is 0.0816 e. The van der Waals surface area contributed by atoms with Gasteiger partial charge in [-0.05, 0) is 30.6 Å². The van der Waals surface area contributed by atoms with Gasteiger partial charge in [0.05, 0.1) is 0 Å². The Morgan fingerprint density at radius 1 is 1.22 bits per heavy atom. The van der Waals surface area contributed by atoms with Crippen LogP contribution in [0.2, 0.25) is 0 Å². The molecule has 0 spiro atoms. The normalized spacial score (nSPS) is 54.8. The third kappa shape index (κ3) is 0.452. The SMILES string of the molecule is CC1=CC2C(C)C1C2C. The average Bonchev–Trinajstić information content (AvgIpc) is 2.23. The lowest BCUT2D eigenvalue weighted by atomic mass is 9.63. The zero-order valence-electron chi connectivity index (χ0n) is 6.39. The molecule has 0 nitrogen and oxygen atoms in total. The smallest absolute Gasteiger partial charge is 0.0143 e.